The second-order valence-corrected chi connectivity index (χ2v) is 5.27. The van der Waals surface area contributed by atoms with Gasteiger partial charge in [-0.05, 0) is 18.2 Å². The van der Waals surface area contributed by atoms with Gasteiger partial charge in [-0.1, -0.05) is 46.6 Å². The molecule has 0 atom stereocenters. The van der Waals surface area contributed by atoms with Gasteiger partial charge in [0.1, 0.15) is 0 Å². The van der Waals surface area contributed by atoms with E-state index < -0.39 is 0 Å². The van der Waals surface area contributed by atoms with Crippen LogP contribution >= 0.6 is 27.5 Å². The lowest BCUT2D eigenvalue weighted by Gasteiger charge is -2.36. The number of alkyl halides is 1. The maximum Gasteiger partial charge on any atom is 0.0642 e. The van der Waals surface area contributed by atoms with Crippen molar-refractivity contribution in [2.24, 2.45) is 0 Å². The fourth-order valence-electron chi connectivity index (χ4n) is 2.31. The van der Waals surface area contributed by atoms with Crippen molar-refractivity contribution < 1.29 is 0 Å². The summed E-state index contributed by atoms with van der Waals surface area (Å²) < 4.78 is 0. The zero-order chi connectivity index (χ0) is 12.3. The van der Waals surface area contributed by atoms with E-state index in [2.05, 4.69) is 38.7 Å². The summed E-state index contributed by atoms with van der Waals surface area (Å²) in [5.74, 6) is 0. The lowest BCUT2D eigenvalue weighted by Crippen LogP contribution is -2.46. The molecular weight excluding hydrogens is 300 g/mol. The molecule has 0 N–H and O–H groups in total. The predicted molar refractivity (Wildman–Crippen MR) is 78.4 cm³/mol. The van der Waals surface area contributed by atoms with E-state index in [0.717, 1.165) is 43.1 Å². The molecule has 0 radical (unpaired) electrons. The number of hydrogen-bond acceptors (Lipinski definition) is 2. The zero-order valence-corrected chi connectivity index (χ0v) is 12.5. The molecule has 1 aromatic carbocycles. The summed E-state index contributed by atoms with van der Waals surface area (Å²) in [5, 5.41) is 1.73. The number of anilines is 1. The molecule has 0 unspecified atom stereocenters. The summed E-state index contributed by atoms with van der Waals surface area (Å²) in [5.41, 5.74) is 2.49. The number of rotatable bonds is 3. The topological polar surface area (TPSA) is 6.48 Å². The summed E-state index contributed by atoms with van der Waals surface area (Å²) in [4.78, 5) is 4.88. The molecule has 0 aliphatic carbocycles. The van der Waals surface area contributed by atoms with Crippen LogP contribution < -0.4 is 4.90 Å². The first-order valence-corrected chi connectivity index (χ1v) is 7.57. The largest absolute Gasteiger partial charge is 0.368 e. The Labute approximate surface area is 117 Å². The molecule has 1 saturated heterocycles. The maximum absolute atomic E-state index is 6.34. The van der Waals surface area contributed by atoms with Gasteiger partial charge in [0.15, 0.2) is 0 Å². The Hall–Kier alpha value is -0.250. The molecule has 0 bridgehead atoms. The molecule has 0 saturated carbocycles. The van der Waals surface area contributed by atoms with Crippen LogP contribution in [0.4, 0.5) is 5.69 Å². The maximum atomic E-state index is 6.34. The Balaban J connectivity index is 2.17. The molecular formula is C13H18BrClN2. The molecule has 1 aliphatic rings. The van der Waals surface area contributed by atoms with Crippen LogP contribution in [0.2, 0.25) is 5.02 Å². The Morgan fingerprint density at radius 1 is 1.24 bits per heavy atom. The van der Waals surface area contributed by atoms with Gasteiger partial charge in [0.05, 0.1) is 10.7 Å². The summed E-state index contributed by atoms with van der Waals surface area (Å²) in [6, 6.07) is 6.14. The van der Waals surface area contributed by atoms with Crippen molar-refractivity contribution >= 4 is 33.2 Å². The van der Waals surface area contributed by atoms with Crippen LogP contribution in [0.3, 0.4) is 0 Å². The SMILES string of the molecule is CCN1CCN(c2c(Cl)cccc2CBr)CC1. The lowest BCUT2D eigenvalue weighted by molar-refractivity contribution is 0.271. The van der Waals surface area contributed by atoms with E-state index in [9.17, 15) is 0 Å². The Morgan fingerprint density at radius 2 is 1.94 bits per heavy atom. The normalized spacial score (nSPS) is 17.5. The molecule has 4 heteroatoms. The van der Waals surface area contributed by atoms with Gasteiger partial charge < -0.3 is 9.80 Å². The molecule has 1 aliphatic heterocycles. The van der Waals surface area contributed by atoms with Crippen molar-refractivity contribution in [1.82, 2.24) is 4.90 Å². The van der Waals surface area contributed by atoms with Crippen molar-refractivity contribution in [2.75, 3.05) is 37.6 Å². The quantitative estimate of drug-likeness (QED) is 0.789. The number of hydrogen-bond donors (Lipinski definition) is 0. The molecule has 2 nitrogen and oxygen atoms in total. The van der Waals surface area contributed by atoms with Crippen LogP contribution in [0.25, 0.3) is 0 Å². The van der Waals surface area contributed by atoms with Crippen molar-refractivity contribution in [3.63, 3.8) is 0 Å². The van der Waals surface area contributed by atoms with Gasteiger partial charge in [-0.2, -0.15) is 0 Å². The number of benzene rings is 1. The highest BCUT2D eigenvalue weighted by Gasteiger charge is 2.19. The Kier molecular flexibility index (Phi) is 4.71. The predicted octanol–water partition coefficient (Wildman–Crippen LogP) is 3.38. The van der Waals surface area contributed by atoms with Crippen LogP contribution in [0.1, 0.15) is 12.5 Å². The van der Waals surface area contributed by atoms with E-state index in [1.807, 2.05) is 12.1 Å². The standard InChI is InChI=1S/C13H18BrClN2/c1-2-16-6-8-17(9-7-16)13-11(10-14)4-3-5-12(13)15/h3-5H,2,6-10H2,1H3. The minimum atomic E-state index is 0.858. The fraction of sp³-hybridized carbons (Fsp3) is 0.538. The monoisotopic (exact) mass is 316 g/mol. The zero-order valence-electron chi connectivity index (χ0n) is 10.1. The van der Waals surface area contributed by atoms with Crippen molar-refractivity contribution in [3.05, 3.63) is 28.8 Å². The number of nitrogens with zero attached hydrogens (tertiary/aromatic N) is 2. The van der Waals surface area contributed by atoms with Gasteiger partial charge in [0, 0.05) is 31.5 Å². The van der Waals surface area contributed by atoms with Crippen LogP contribution in [0.15, 0.2) is 18.2 Å². The van der Waals surface area contributed by atoms with Crippen molar-refractivity contribution in [1.29, 1.82) is 0 Å². The van der Waals surface area contributed by atoms with Gasteiger partial charge in [-0.25, -0.2) is 0 Å². The molecule has 0 spiro atoms. The first kappa shape index (κ1) is 13.2. The Morgan fingerprint density at radius 3 is 2.53 bits per heavy atom. The minimum absolute atomic E-state index is 0.858. The van der Waals surface area contributed by atoms with Crippen LogP contribution in [0, 0.1) is 0 Å². The highest BCUT2D eigenvalue weighted by atomic mass is 79.9. The van der Waals surface area contributed by atoms with Crippen LogP contribution in [-0.4, -0.2) is 37.6 Å². The third-order valence-electron chi connectivity index (χ3n) is 3.35. The molecule has 0 amide bonds. The van der Waals surface area contributed by atoms with E-state index >= 15 is 0 Å². The molecule has 1 heterocycles. The molecule has 2 rings (SSSR count). The summed E-state index contributed by atoms with van der Waals surface area (Å²) in [7, 11) is 0. The van der Waals surface area contributed by atoms with E-state index in [4.69, 9.17) is 11.6 Å². The second kappa shape index (κ2) is 6.07. The number of halogens is 2. The highest BCUT2D eigenvalue weighted by Crippen LogP contribution is 2.31. The number of para-hydroxylation sites is 1. The highest BCUT2D eigenvalue weighted by molar-refractivity contribution is 9.08. The summed E-state index contributed by atoms with van der Waals surface area (Å²) >= 11 is 9.87. The van der Waals surface area contributed by atoms with Gasteiger partial charge in [-0.3, -0.25) is 0 Å². The number of likely N-dealkylation sites (N-methyl/N-ethyl adjacent to an activating group) is 1. The van der Waals surface area contributed by atoms with Crippen LogP contribution in [-0.2, 0) is 5.33 Å². The fourth-order valence-corrected chi connectivity index (χ4v) is 3.08. The first-order valence-electron chi connectivity index (χ1n) is 6.07. The molecule has 1 aromatic rings. The number of piperazine rings is 1. The molecule has 0 aromatic heterocycles. The van der Waals surface area contributed by atoms with E-state index in [1.54, 1.807) is 0 Å². The molecule has 17 heavy (non-hydrogen) atoms. The Bertz CT molecular complexity index is 376. The third-order valence-corrected chi connectivity index (χ3v) is 4.26. The van der Waals surface area contributed by atoms with Crippen LogP contribution in [0.5, 0.6) is 0 Å². The third kappa shape index (κ3) is 2.95. The van der Waals surface area contributed by atoms with E-state index in [0.29, 0.717) is 0 Å². The smallest absolute Gasteiger partial charge is 0.0642 e. The van der Waals surface area contributed by atoms with Crippen molar-refractivity contribution in [3.8, 4) is 0 Å². The first-order chi connectivity index (χ1) is 8.26. The van der Waals surface area contributed by atoms with E-state index in [1.165, 1.54) is 11.3 Å². The minimum Gasteiger partial charge on any atom is -0.368 e. The van der Waals surface area contributed by atoms with Crippen molar-refractivity contribution in [2.45, 2.75) is 12.3 Å². The summed E-state index contributed by atoms with van der Waals surface area (Å²) in [6.07, 6.45) is 0. The lowest BCUT2D eigenvalue weighted by atomic mass is 10.1. The van der Waals surface area contributed by atoms with Gasteiger partial charge in [0.2, 0.25) is 0 Å². The van der Waals surface area contributed by atoms with Gasteiger partial charge in [-0.15, -0.1) is 0 Å². The molecule has 94 valence electrons. The second-order valence-electron chi connectivity index (χ2n) is 4.30. The van der Waals surface area contributed by atoms with Gasteiger partial charge in [0.25, 0.3) is 0 Å². The van der Waals surface area contributed by atoms with Gasteiger partial charge >= 0.3 is 0 Å². The summed E-state index contributed by atoms with van der Waals surface area (Å²) in [6.45, 7) is 7.75. The molecule has 1 fully saturated rings. The average molecular weight is 318 g/mol. The average Bonchev–Trinajstić information content (AvgIpc) is 2.38. The van der Waals surface area contributed by atoms with E-state index in [-0.39, 0.29) is 0 Å².